The molecule has 1 unspecified atom stereocenters. The maximum absolute atomic E-state index is 12.4. The van der Waals surface area contributed by atoms with Crippen LogP contribution in [-0.4, -0.2) is 22.8 Å². The molecule has 29 heavy (non-hydrogen) atoms. The Morgan fingerprint density at radius 3 is 2.45 bits per heavy atom. The topological polar surface area (TPSA) is 88.2 Å². The molecule has 1 atom stereocenters. The first-order chi connectivity index (χ1) is 13.7. The number of nitrogens with one attached hydrogen (secondary N) is 2. The van der Waals surface area contributed by atoms with Crippen molar-refractivity contribution in [2.45, 2.75) is 23.6 Å². The molecule has 1 heterocycles. The minimum atomic E-state index is -4.79. The van der Waals surface area contributed by atoms with Crippen LogP contribution < -0.4 is 20.4 Å². The van der Waals surface area contributed by atoms with Gasteiger partial charge < -0.3 is 10.1 Å². The number of benzene rings is 2. The van der Waals surface area contributed by atoms with Gasteiger partial charge in [-0.3, -0.25) is 9.32 Å². The van der Waals surface area contributed by atoms with E-state index in [0.29, 0.717) is 5.69 Å². The van der Waals surface area contributed by atoms with Crippen molar-refractivity contribution in [3.8, 4) is 11.4 Å². The minimum absolute atomic E-state index is 0.174. The van der Waals surface area contributed by atoms with Crippen molar-refractivity contribution in [3.63, 3.8) is 0 Å². The van der Waals surface area contributed by atoms with Gasteiger partial charge in [0.05, 0.1) is 5.25 Å². The average Bonchev–Trinajstić information content (AvgIpc) is 3.03. The van der Waals surface area contributed by atoms with Crippen LogP contribution in [0.25, 0.3) is 5.69 Å². The molecule has 0 fully saturated rings. The number of hydrogen-bond donors (Lipinski definition) is 2. The minimum Gasteiger partial charge on any atom is -0.406 e. The second-order valence-corrected chi connectivity index (χ2v) is 7.11. The number of hydrogen-bond acceptors (Lipinski definition) is 5. The summed E-state index contributed by atoms with van der Waals surface area (Å²) in [5.74, 6) is -0.841. The van der Waals surface area contributed by atoms with Crippen LogP contribution in [-0.2, 0) is 4.79 Å². The number of rotatable bonds is 6. The average molecular weight is 426 g/mol. The molecule has 0 aliphatic carbocycles. The van der Waals surface area contributed by atoms with Crippen LogP contribution in [0.1, 0.15) is 6.92 Å². The van der Waals surface area contributed by atoms with Gasteiger partial charge in [0.1, 0.15) is 5.75 Å². The molecule has 0 aliphatic heterocycles. The zero-order chi connectivity index (χ0) is 21.0. The normalized spacial score (nSPS) is 12.4. The molecule has 152 valence electrons. The van der Waals surface area contributed by atoms with Gasteiger partial charge in [-0.25, -0.2) is 4.79 Å². The van der Waals surface area contributed by atoms with E-state index >= 15 is 0 Å². The summed E-state index contributed by atoms with van der Waals surface area (Å²) in [6, 6.07) is 13.6. The number of halogens is 3. The molecular weight excluding hydrogens is 411 g/mol. The number of para-hydroxylation sites is 1. The number of carbonyl (C=O) groups excluding carboxylic acids is 1. The fraction of sp³-hybridized carbons (Fsp3) is 0.167. The van der Waals surface area contributed by atoms with Crippen LogP contribution in [0, 0.1) is 0 Å². The molecule has 0 saturated heterocycles. The number of alkyl halides is 3. The zero-order valence-electron chi connectivity index (χ0n) is 14.9. The lowest BCUT2D eigenvalue weighted by atomic mass is 10.3. The number of ether oxygens (including phenoxy) is 1. The van der Waals surface area contributed by atoms with Gasteiger partial charge in [-0.2, -0.15) is 0 Å². The first kappa shape index (κ1) is 20.5. The monoisotopic (exact) mass is 426 g/mol. The lowest BCUT2D eigenvalue weighted by Gasteiger charge is -2.11. The smallest absolute Gasteiger partial charge is 0.406 e. The van der Waals surface area contributed by atoms with Crippen LogP contribution >= 0.6 is 11.8 Å². The largest absolute Gasteiger partial charge is 0.573 e. The van der Waals surface area contributed by atoms with Crippen LogP contribution in [0.5, 0.6) is 5.75 Å². The lowest BCUT2D eigenvalue weighted by molar-refractivity contribution is -0.704. The summed E-state index contributed by atoms with van der Waals surface area (Å²) in [6.07, 6.45) is -4.79. The van der Waals surface area contributed by atoms with Crippen LogP contribution in [0.3, 0.4) is 0 Å². The highest BCUT2D eigenvalue weighted by molar-refractivity contribution is 8.00. The van der Waals surface area contributed by atoms with E-state index in [0.717, 1.165) is 23.9 Å². The SMILES string of the molecule is CC(Sc1c(=O)o[nH][n+]1-c1ccccc1)C(=O)Nc1ccc(OC(F)(F)F)cc1. The number of aromatic nitrogens is 2. The van der Waals surface area contributed by atoms with Gasteiger partial charge in [0.2, 0.25) is 11.6 Å². The first-order valence-corrected chi connectivity index (χ1v) is 9.13. The van der Waals surface area contributed by atoms with Crippen LogP contribution in [0.2, 0.25) is 0 Å². The maximum atomic E-state index is 12.4. The van der Waals surface area contributed by atoms with Crippen molar-refractivity contribution in [3.05, 3.63) is 65.0 Å². The highest BCUT2D eigenvalue weighted by atomic mass is 32.2. The Labute approximate surface area is 166 Å². The van der Waals surface area contributed by atoms with Gasteiger partial charge in [0.15, 0.2) is 0 Å². The van der Waals surface area contributed by atoms with Crippen molar-refractivity contribution >= 4 is 23.4 Å². The molecule has 3 aromatic rings. The molecule has 0 spiro atoms. The van der Waals surface area contributed by atoms with Gasteiger partial charge in [-0.15, -0.1) is 13.2 Å². The van der Waals surface area contributed by atoms with Crippen LogP contribution in [0.15, 0.2) is 68.9 Å². The summed E-state index contributed by atoms with van der Waals surface area (Å²) in [5, 5.41) is 4.53. The maximum Gasteiger partial charge on any atom is 0.573 e. The van der Waals surface area contributed by atoms with Crippen molar-refractivity contribution in [2.75, 3.05) is 5.32 Å². The summed E-state index contributed by atoms with van der Waals surface area (Å²) < 4.78 is 46.6. The van der Waals surface area contributed by atoms with Gasteiger partial charge in [0, 0.05) is 17.8 Å². The predicted octanol–water partition coefficient (Wildman–Crippen LogP) is 3.26. The van der Waals surface area contributed by atoms with Crippen molar-refractivity contribution in [1.82, 2.24) is 5.27 Å². The Morgan fingerprint density at radius 1 is 1.17 bits per heavy atom. The van der Waals surface area contributed by atoms with Gasteiger partial charge in [0.25, 0.3) is 0 Å². The van der Waals surface area contributed by atoms with E-state index in [1.165, 1.54) is 16.8 Å². The molecule has 1 amide bonds. The second kappa shape index (κ2) is 8.43. The third kappa shape index (κ3) is 5.41. The Bertz CT molecular complexity index is 1030. The molecule has 0 saturated carbocycles. The number of carbonyl (C=O) groups is 1. The van der Waals surface area contributed by atoms with E-state index in [4.69, 9.17) is 4.52 Å². The molecule has 3 rings (SSSR count). The highest BCUT2D eigenvalue weighted by Gasteiger charge is 2.31. The van der Waals surface area contributed by atoms with Crippen molar-refractivity contribution in [2.24, 2.45) is 0 Å². The molecule has 0 aliphatic rings. The molecule has 11 heteroatoms. The number of nitrogens with zero attached hydrogens (tertiary/aromatic N) is 1. The molecular formula is C18H15F3N3O4S+. The summed E-state index contributed by atoms with van der Waals surface area (Å²) in [6.45, 7) is 1.59. The third-order valence-electron chi connectivity index (χ3n) is 3.63. The lowest BCUT2D eigenvalue weighted by Crippen LogP contribution is -2.37. The highest BCUT2D eigenvalue weighted by Crippen LogP contribution is 2.25. The van der Waals surface area contributed by atoms with Gasteiger partial charge >= 0.3 is 17.0 Å². The summed E-state index contributed by atoms with van der Waals surface area (Å²) in [4.78, 5) is 24.4. The Morgan fingerprint density at radius 2 is 1.83 bits per heavy atom. The van der Waals surface area contributed by atoms with E-state index in [2.05, 4.69) is 15.3 Å². The fourth-order valence-corrected chi connectivity index (χ4v) is 3.20. The van der Waals surface area contributed by atoms with E-state index in [-0.39, 0.29) is 10.7 Å². The summed E-state index contributed by atoms with van der Waals surface area (Å²) in [7, 11) is 0. The molecule has 0 bridgehead atoms. The second-order valence-electron chi connectivity index (χ2n) is 5.78. The van der Waals surface area contributed by atoms with E-state index in [9.17, 15) is 22.8 Å². The van der Waals surface area contributed by atoms with Crippen LogP contribution in [0.4, 0.5) is 18.9 Å². The number of amides is 1. The number of aromatic amines is 1. The standard InChI is InChI=1S/C18H14F3N3O4S/c1-11(15(25)22-12-7-9-14(10-8-12)27-18(19,20)21)29-16-17(26)28-23-24(16)13-5-3-2-4-6-13/h2-11H,1H3,(H-,22,23,25,26)/p+1. The van der Waals surface area contributed by atoms with Gasteiger partial charge in [-0.1, -0.05) is 18.2 Å². The predicted molar refractivity (Wildman–Crippen MR) is 97.9 cm³/mol. The molecule has 1 aromatic heterocycles. The Kier molecular flexibility index (Phi) is 5.97. The van der Waals surface area contributed by atoms with Crippen molar-refractivity contribution in [1.29, 1.82) is 0 Å². The summed E-state index contributed by atoms with van der Waals surface area (Å²) in [5.41, 5.74) is 0.301. The summed E-state index contributed by atoms with van der Waals surface area (Å²) >= 11 is 0.977. The number of thioether (sulfide) groups is 1. The van der Waals surface area contributed by atoms with Gasteiger partial charge in [-0.05, 0) is 52.9 Å². The Balaban J connectivity index is 1.68. The molecule has 2 N–H and O–H groups in total. The Hall–Kier alpha value is -3.21. The molecule has 7 nitrogen and oxygen atoms in total. The quantitative estimate of drug-likeness (QED) is 0.467. The van der Waals surface area contributed by atoms with E-state index in [1.807, 2.05) is 6.07 Å². The third-order valence-corrected chi connectivity index (χ3v) is 4.77. The fourth-order valence-electron chi connectivity index (χ4n) is 2.32. The first-order valence-electron chi connectivity index (χ1n) is 8.25. The molecule has 0 radical (unpaired) electrons. The number of H-pyrrole nitrogens is 1. The van der Waals surface area contributed by atoms with E-state index in [1.54, 1.807) is 31.2 Å². The number of anilines is 1. The zero-order valence-corrected chi connectivity index (χ0v) is 15.7. The van der Waals surface area contributed by atoms with E-state index < -0.39 is 28.9 Å². The molecule has 2 aromatic carbocycles. The van der Waals surface area contributed by atoms with Crippen molar-refractivity contribution < 1.29 is 31.9 Å².